The van der Waals surface area contributed by atoms with E-state index in [1.807, 2.05) is 12.4 Å². The van der Waals surface area contributed by atoms with Gasteiger partial charge in [-0.1, -0.05) is 15.9 Å². The van der Waals surface area contributed by atoms with E-state index in [0.717, 1.165) is 35.5 Å². The van der Waals surface area contributed by atoms with Crippen LogP contribution in [-0.4, -0.2) is 16.1 Å². The molecule has 0 saturated heterocycles. The SMILES string of the molecule is Brc1ccc2c(c1)NCCCn1ccnc1-2. The second-order valence-corrected chi connectivity index (χ2v) is 4.83. The Balaban J connectivity index is 2.20. The van der Waals surface area contributed by atoms with Crippen LogP contribution in [0, 0.1) is 0 Å². The number of hydrogen-bond donors (Lipinski definition) is 1. The van der Waals surface area contributed by atoms with Gasteiger partial charge in [0.2, 0.25) is 0 Å². The number of aryl methyl sites for hydroxylation is 1. The third-order valence-corrected chi connectivity index (χ3v) is 3.32. The fraction of sp³-hybridized carbons (Fsp3) is 0.250. The zero-order valence-electron chi connectivity index (χ0n) is 8.78. The number of imidazole rings is 1. The van der Waals surface area contributed by atoms with Crippen molar-refractivity contribution < 1.29 is 0 Å². The molecule has 3 nitrogen and oxygen atoms in total. The van der Waals surface area contributed by atoms with Crippen LogP contribution in [0.1, 0.15) is 6.42 Å². The largest absolute Gasteiger partial charge is 0.384 e. The number of fused-ring (bicyclic) bond motifs is 3. The first-order chi connectivity index (χ1) is 7.84. The van der Waals surface area contributed by atoms with Crippen LogP contribution in [-0.2, 0) is 6.54 Å². The molecule has 1 aromatic heterocycles. The van der Waals surface area contributed by atoms with Gasteiger partial charge in [-0.05, 0) is 24.6 Å². The highest BCUT2D eigenvalue weighted by molar-refractivity contribution is 9.10. The summed E-state index contributed by atoms with van der Waals surface area (Å²) in [6.07, 6.45) is 5.04. The predicted molar refractivity (Wildman–Crippen MR) is 68.5 cm³/mol. The van der Waals surface area contributed by atoms with Crippen LogP contribution in [0.5, 0.6) is 0 Å². The summed E-state index contributed by atoms with van der Waals surface area (Å²) in [5.74, 6) is 1.05. The van der Waals surface area contributed by atoms with E-state index in [1.54, 1.807) is 0 Å². The molecule has 1 aliphatic rings. The molecule has 0 aliphatic carbocycles. The van der Waals surface area contributed by atoms with Crippen molar-refractivity contribution in [3.05, 3.63) is 35.1 Å². The van der Waals surface area contributed by atoms with Gasteiger partial charge in [0.15, 0.2) is 0 Å². The maximum absolute atomic E-state index is 4.44. The highest BCUT2D eigenvalue weighted by Crippen LogP contribution is 2.31. The van der Waals surface area contributed by atoms with Crippen molar-refractivity contribution in [1.29, 1.82) is 0 Å². The van der Waals surface area contributed by atoms with Crippen molar-refractivity contribution in [2.24, 2.45) is 0 Å². The Kier molecular flexibility index (Phi) is 2.44. The lowest BCUT2D eigenvalue weighted by molar-refractivity contribution is 0.662. The Morgan fingerprint density at radius 3 is 3.25 bits per heavy atom. The maximum atomic E-state index is 4.44. The quantitative estimate of drug-likeness (QED) is 0.802. The Labute approximate surface area is 103 Å². The summed E-state index contributed by atoms with van der Waals surface area (Å²) in [5, 5.41) is 3.45. The second-order valence-electron chi connectivity index (χ2n) is 3.91. The molecule has 1 aliphatic heterocycles. The van der Waals surface area contributed by atoms with Crippen molar-refractivity contribution in [2.75, 3.05) is 11.9 Å². The van der Waals surface area contributed by atoms with E-state index in [-0.39, 0.29) is 0 Å². The Hall–Kier alpha value is -1.29. The van der Waals surface area contributed by atoms with Crippen molar-refractivity contribution >= 4 is 21.6 Å². The maximum Gasteiger partial charge on any atom is 0.141 e. The van der Waals surface area contributed by atoms with Crippen LogP contribution in [0.2, 0.25) is 0 Å². The van der Waals surface area contributed by atoms with Gasteiger partial charge in [-0.3, -0.25) is 0 Å². The molecule has 2 aromatic rings. The third-order valence-electron chi connectivity index (χ3n) is 2.83. The summed E-state index contributed by atoms with van der Waals surface area (Å²) in [6.45, 7) is 2.03. The van der Waals surface area contributed by atoms with E-state index in [2.05, 4.69) is 49.0 Å². The summed E-state index contributed by atoms with van der Waals surface area (Å²) < 4.78 is 3.31. The molecule has 1 aromatic carbocycles. The number of rotatable bonds is 0. The smallest absolute Gasteiger partial charge is 0.141 e. The molecule has 4 heteroatoms. The predicted octanol–water partition coefficient (Wildman–Crippen LogP) is 3.13. The van der Waals surface area contributed by atoms with E-state index in [1.165, 1.54) is 5.56 Å². The van der Waals surface area contributed by atoms with E-state index in [9.17, 15) is 0 Å². The number of anilines is 1. The average Bonchev–Trinajstić information content (AvgIpc) is 2.69. The number of hydrogen-bond acceptors (Lipinski definition) is 2. The lowest BCUT2D eigenvalue weighted by Crippen LogP contribution is -2.12. The van der Waals surface area contributed by atoms with Gasteiger partial charge in [0, 0.05) is 41.2 Å². The standard InChI is InChI=1S/C12H12BrN3/c13-9-2-3-10-11(8-9)14-4-1-6-16-7-5-15-12(10)16/h2-3,5,7-8,14H,1,4,6H2. The molecule has 3 rings (SSSR count). The van der Waals surface area contributed by atoms with Crippen molar-refractivity contribution in [2.45, 2.75) is 13.0 Å². The van der Waals surface area contributed by atoms with Crippen molar-refractivity contribution in [3.63, 3.8) is 0 Å². The summed E-state index contributed by atoms with van der Waals surface area (Å²) in [5.41, 5.74) is 2.33. The van der Waals surface area contributed by atoms with Crippen LogP contribution < -0.4 is 5.32 Å². The fourth-order valence-corrected chi connectivity index (χ4v) is 2.43. The third kappa shape index (κ3) is 1.63. The molecule has 16 heavy (non-hydrogen) atoms. The number of halogens is 1. The molecule has 2 heterocycles. The molecule has 0 spiro atoms. The monoisotopic (exact) mass is 277 g/mol. The lowest BCUT2D eigenvalue weighted by Gasteiger charge is -2.17. The van der Waals surface area contributed by atoms with Gasteiger partial charge in [0.25, 0.3) is 0 Å². The number of benzene rings is 1. The molecule has 0 fully saturated rings. The van der Waals surface area contributed by atoms with Gasteiger partial charge < -0.3 is 9.88 Å². The molecular weight excluding hydrogens is 266 g/mol. The molecule has 0 bridgehead atoms. The molecule has 0 unspecified atom stereocenters. The van der Waals surface area contributed by atoms with Crippen LogP contribution >= 0.6 is 15.9 Å². The Morgan fingerprint density at radius 1 is 1.38 bits per heavy atom. The first-order valence-corrected chi connectivity index (χ1v) is 6.19. The van der Waals surface area contributed by atoms with Crippen molar-refractivity contribution in [3.8, 4) is 11.4 Å². The van der Waals surface area contributed by atoms with Gasteiger partial charge >= 0.3 is 0 Å². The van der Waals surface area contributed by atoms with Crippen LogP contribution in [0.4, 0.5) is 5.69 Å². The van der Waals surface area contributed by atoms with Gasteiger partial charge in [-0.25, -0.2) is 4.98 Å². The van der Waals surface area contributed by atoms with Gasteiger partial charge in [0.1, 0.15) is 5.82 Å². The Morgan fingerprint density at radius 2 is 2.31 bits per heavy atom. The molecule has 0 saturated carbocycles. The fourth-order valence-electron chi connectivity index (χ4n) is 2.06. The summed E-state index contributed by atoms with van der Waals surface area (Å²) in [4.78, 5) is 4.44. The summed E-state index contributed by atoms with van der Waals surface area (Å²) >= 11 is 3.50. The van der Waals surface area contributed by atoms with E-state index >= 15 is 0 Å². The molecule has 0 atom stereocenters. The zero-order valence-corrected chi connectivity index (χ0v) is 10.4. The minimum atomic E-state index is 1.00. The van der Waals surface area contributed by atoms with Crippen molar-refractivity contribution in [1.82, 2.24) is 9.55 Å². The molecular formula is C12H12BrN3. The first-order valence-electron chi connectivity index (χ1n) is 5.39. The van der Waals surface area contributed by atoms with Crippen LogP contribution in [0.15, 0.2) is 35.1 Å². The highest BCUT2D eigenvalue weighted by Gasteiger charge is 2.13. The van der Waals surface area contributed by atoms with E-state index in [0.29, 0.717) is 0 Å². The molecule has 1 N–H and O–H groups in total. The van der Waals surface area contributed by atoms with Gasteiger partial charge in [-0.15, -0.1) is 0 Å². The van der Waals surface area contributed by atoms with E-state index in [4.69, 9.17) is 0 Å². The summed E-state index contributed by atoms with van der Waals surface area (Å²) in [7, 11) is 0. The average molecular weight is 278 g/mol. The zero-order chi connectivity index (χ0) is 11.0. The van der Waals surface area contributed by atoms with Crippen LogP contribution in [0.25, 0.3) is 11.4 Å². The molecule has 82 valence electrons. The minimum Gasteiger partial charge on any atom is -0.384 e. The first kappa shape index (κ1) is 9.90. The lowest BCUT2D eigenvalue weighted by atomic mass is 10.1. The van der Waals surface area contributed by atoms with E-state index < -0.39 is 0 Å². The second kappa shape index (κ2) is 3.94. The number of nitrogens with zero attached hydrogens (tertiary/aromatic N) is 2. The van der Waals surface area contributed by atoms with Crippen LogP contribution in [0.3, 0.4) is 0 Å². The number of aromatic nitrogens is 2. The number of nitrogens with one attached hydrogen (secondary N) is 1. The highest BCUT2D eigenvalue weighted by atomic mass is 79.9. The Bertz CT molecular complexity index is 519. The summed E-state index contributed by atoms with van der Waals surface area (Å²) in [6, 6.07) is 6.28. The topological polar surface area (TPSA) is 29.9 Å². The molecule has 0 amide bonds. The molecule has 0 radical (unpaired) electrons. The normalized spacial score (nSPS) is 14.3. The van der Waals surface area contributed by atoms with Gasteiger partial charge in [0.05, 0.1) is 0 Å². The minimum absolute atomic E-state index is 1.00. The van der Waals surface area contributed by atoms with Gasteiger partial charge in [-0.2, -0.15) is 0 Å².